The number of rotatable bonds is 5. The van der Waals surface area contributed by atoms with Gasteiger partial charge in [0.05, 0.1) is 6.04 Å². The molecule has 3 rings (SSSR count). The Morgan fingerprint density at radius 3 is 2.54 bits per heavy atom. The zero-order valence-electron chi connectivity index (χ0n) is 15.6. The standard InChI is InChI=1S/C19H28N4O3/c1-21(2)8-9-22-10-12-23(13-11-22)19(25)18-17(20-16(24)14-26-18)15-6-4-3-5-7-15/h3-7,17-18H,8-14H2,1-2H3,(H,20,24)/t17-,18+/m1/s1. The van der Waals surface area contributed by atoms with E-state index in [1.54, 1.807) is 0 Å². The molecule has 0 unspecified atom stereocenters. The molecule has 1 aromatic rings. The zero-order chi connectivity index (χ0) is 18.5. The molecule has 2 aliphatic rings. The van der Waals surface area contributed by atoms with Crippen LogP contribution in [0.15, 0.2) is 30.3 Å². The molecule has 0 aliphatic carbocycles. The third-order valence-corrected chi connectivity index (χ3v) is 4.96. The Hall–Kier alpha value is -1.96. The summed E-state index contributed by atoms with van der Waals surface area (Å²) < 4.78 is 5.65. The first kappa shape index (κ1) is 18.8. The van der Waals surface area contributed by atoms with Gasteiger partial charge < -0.3 is 19.9 Å². The monoisotopic (exact) mass is 360 g/mol. The maximum atomic E-state index is 13.0. The fourth-order valence-electron chi connectivity index (χ4n) is 3.40. The maximum absolute atomic E-state index is 13.0. The zero-order valence-corrected chi connectivity index (χ0v) is 15.6. The summed E-state index contributed by atoms with van der Waals surface area (Å²) in [4.78, 5) is 31.2. The summed E-state index contributed by atoms with van der Waals surface area (Å²) in [5.41, 5.74) is 0.892. The number of morpholine rings is 1. The first-order valence-corrected chi connectivity index (χ1v) is 9.16. The molecule has 2 heterocycles. The van der Waals surface area contributed by atoms with E-state index in [1.165, 1.54) is 0 Å². The summed E-state index contributed by atoms with van der Waals surface area (Å²) in [7, 11) is 4.14. The molecule has 2 amide bonds. The summed E-state index contributed by atoms with van der Waals surface area (Å²) >= 11 is 0. The minimum absolute atomic E-state index is 0.0360. The average Bonchev–Trinajstić information content (AvgIpc) is 2.67. The van der Waals surface area contributed by atoms with E-state index in [0.29, 0.717) is 13.1 Å². The third-order valence-electron chi connectivity index (χ3n) is 4.96. The van der Waals surface area contributed by atoms with Crippen molar-refractivity contribution in [2.45, 2.75) is 12.1 Å². The van der Waals surface area contributed by atoms with Crippen LogP contribution in [-0.2, 0) is 14.3 Å². The highest BCUT2D eigenvalue weighted by Crippen LogP contribution is 2.24. The molecule has 1 N–H and O–H groups in total. The molecule has 2 aliphatic heterocycles. The van der Waals surface area contributed by atoms with Gasteiger partial charge in [-0.25, -0.2) is 0 Å². The summed E-state index contributed by atoms with van der Waals surface area (Å²) in [6, 6.07) is 9.12. The Morgan fingerprint density at radius 1 is 1.19 bits per heavy atom. The lowest BCUT2D eigenvalue weighted by molar-refractivity contribution is -0.156. The van der Waals surface area contributed by atoms with E-state index in [-0.39, 0.29) is 18.4 Å². The van der Waals surface area contributed by atoms with Gasteiger partial charge in [-0.3, -0.25) is 14.5 Å². The van der Waals surface area contributed by atoms with Gasteiger partial charge in [-0.05, 0) is 19.7 Å². The number of nitrogens with zero attached hydrogens (tertiary/aromatic N) is 3. The molecule has 2 fully saturated rings. The van der Waals surface area contributed by atoms with Gasteiger partial charge in [-0.15, -0.1) is 0 Å². The lowest BCUT2D eigenvalue weighted by Gasteiger charge is -2.39. The maximum Gasteiger partial charge on any atom is 0.254 e. The number of piperazine rings is 1. The molecule has 0 spiro atoms. The predicted molar refractivity (Wildman–Crippen MR) is 98.6 cm³/mol. The van der Waals surface area contributed by atoms with E-state index in [1.807, 2.05) is 35.2 Å². The largest absolute Gasteiger partial charge is 0.356 e. The van der Waals surface area contributed by atoms with Gasteiger partial charge in [-0.1, -0.05) is 30.3 Å². The number of hydrogen-bond donors (Lipinski definition) is 1. The van der Waals surface area contributed by atoms with Crippen LogP contribution in [0.25, 0.3) is 0 Å². The van der Waals surface area contributed by atoms with E-state index >= 15 is 0 Å². The summed E-state index contributed by atoms with van der Waals surface area (Å²) in [5.74, 6) is -0.220. The number of nitrogens with one attached hydrogen (secondary N) is 1. The van der Waals surface area contributed by atoms with Gasteiger partial charge in [-0.2, -0.15) is 0 Å². The van der Waals surface area contributed by atoms with E-state index in [9.17, 15) is 9.59 Å². The number of carbonyl (C=O) groups excluding carboxylic acids is 2. The Balaban J connectivity index is 1.62. The summed E-state index contributed by atoms with van der Waals surface area (Å²) in [5, 5.41) is 2.92. The van der Waals surface area contributed by atoms with Crippen LogP contribution in [0.2, 0.25) is 0 Å². The second-order valence-electron chi connectivity index (χ2n) is 7.16. The first-order valence-electron chi connectivity index (χ1n) is 9.16. The van der Waals surface area contributed by atoms with Gasteiger partial charge in [0.15, 0.2) is 6.10 Å². The molecule has 26 heavy (non-hydrogen) atoms. The van der Waals surface area contributed by atoms with Crippen molar-refractivity contribution in [1.29, 1.82) is 0 Å². The predicted octanol–water partition coefficient (Wildman–Crippen LogP) is -0.0515. The van der Waals surface area contributed by atoms with Crippen molar-refractivity contribution in [3.8, 4) is 0 Å². The summed E-state index contributed by atoms with van der Waals surface area (Å²) in [6.45, 7) is 5.09. The van der Waals surface area contributed by atoms with Gasteiger partial charge in [0.25, 0.3) is 5.91 Å². The minimum atomic E-state index is -0.663. The van der Waals surface area contributed by atoms with E-state index in [2.05, 4.69) is 29.2 Å². The highest BCUT2D eigenvalue weighted by Gasteiger charge is 2.38. The van der Waals surface area contributed by atoms with Crippen LogP contribution >= 0.6 is 0 Å². The van der Waals surface area contributed by atoms with Crippen molar-refractivity contribution in [1.82, 2.24) is 20.0 Å². The van der Waals surface area contributed by atoms with Crippen molar-refractivity contribution in [3.63, 3.8) is 0 Å². The number of amides is 2. The lowest BCUT2D eigenvalue weighted by Crippen LogP contribution is -2.57. The molecule has 0 aromatic heterocycles. The van der Waals surface area contributed by atoms with Crippen LogP contribution < -0.4 is 5.32 Å². The molecule has 142 valence electrons. The van der Waals surface area contributed by atoms with E-state index in [4.69, 9.17) is 4.74 Å². The number of ether oxygens (including phenoxy) is 1. The Labute approximate surface area is 154 Å². The Morgan fingerprint density at radius 2 is 1.88 bits per heavy atom. The topological polar surface area (TPSA) is 65.1 Å². The fourth-order valence-corrected chi connectivity index (χ4v) is 3.40. The van der Waals surface area contributed by atoms with Crippen molar-refractivity contribution < 1.29 is 14.3 Å². The molecule has 0 saturated carbocycles. The van der Waals surface area contributed by atoms with Crippen molar-refractivity contribution in [2.75, 3.05) is 60.0 Å². The molecular weight excluding hydrogens is 332 g/mol. The quantitative estimate of drug-likeness (QED) is 0.798. The second kappa shape index (κ2) is 8.62. The highest BCUT2D eigenvalue weighted by atomic mass is 16.5. The van der Waals surface area contributed by atoms with Gasteiger partial charge >= 0.3 is 0 Å². The van der Waals surface area contributed by atoms with Gasteiger partial charge in [0.1, 0.15) is 6.61 Å². The van der Waals surface area contributed by atoms with Crippen LogP contribution in [0.3, 0.4) is 0 Å². The van der Waals surface area contributed by atoms with E-state index < -0.39 is 12.1 Å². The molecular formula is C19H28N4O3. The van der Waals surface area contributed by atoms with Gasteiger partial charge in [0, 0.05) is 39.3 Å². The lowest BCUT2D eigenvalue weighted by atomic mass is 9.98. The first-order chi connectivity index (χ1) is 12.5. The SMILES string of the molecule is CN(C)CCN1CCN(C(=O)[C@H]2OCC(=O)N[C@@H]2c2ccccc2)CC1. The number of likely N-dealkylation sites (N-methyl/N-ethyl adjacent to an activating group) is 1. The van der Waals surface area contributed by atoms with Crippen LogP contribution in [0.5, 0.6) is 0 Å². The molecule has 7 nitrogen and oxygen atoms in total. The Bertz CT molecular complexity index is 614. The minimum Gasteiger partial charge on any atom is -0.356 e. The number of carbonyl (C=O) groups is 2. The van der Waals surface area contributed by atoms with Crippen molar-refractivity contribution in [3.05, 3.63) is 35.9 Å². The normalized spacial score (nSPS) is 24.6. The van der Waals surface area contributed by atoms with Crippen LogP contribution in [0, 0.1) is 0 Å². The highest BCUT2D eigenvalue weighted by molar-refractivity contribution is 5.86. The van der Waals surface area contributed by atoms with Crippen molar-refractivity contribution in [2.24, 2.45) is 0 Å². The van der Waals surface area contributed by atoms with E-state index in [0.717, 1.165) is 31.7 Å². The molecule has 0 radical (unpaired) electrons. The smallest absolute Gasteiger partial charge is 0.254 e. The molecule has 1 aromatic carbocycles. The van der Waals surface area contributed by atoms with Crippen LogP contribution in [0.4, 0.5) is 0 Å². The van der Waals surface area contributed by atoms with Crippen molar-refractivity contribution >= 4 is 11.8 Å². The number of benzene rings is 1. The molecule has 2 saturated heterocycles. The molecule has 2 atom stereocenters. The number of hydrogen-bond acceptors (Lipinski definition) is 5. The van der Waals surface area contributed by atoms with Gasteiger partial charge in [0.2, 0.25) is 5.91 Å². The second-order valence-corrected chi connectivity index (χ2v) is 7.16. The van der Waals surface area contributed by atoms with Crippen LogP contribution in [-0.4, -0.2) is 92.6 Å². The molecule has 0 bridgehead atoms. The van der Waals surface area contributed by atoms with Crippen LogP contribution in [0.1, 0.15) is 11.6 Å². The third kappa shape index (κ3) is 4.60. The average molecular weight is 360 g/mol. The fraction of sp³-hybridized carbons (Fsp3) is 0.579. The molecule has 7 heteroatoms. The Kier molecular flexibility index (Phi) is 6.24. The summed E-state index contributed by atoms with van der Waals surface area (Å²) in [6.07, 6.45) is -0.663.